The van der Waals surface area contributed by atoms with Crippen molar-refractivity contribution in [1.29, 1.82) is 0 Å². The molecule has 0 saturated heterocycles. The lowest BCUT2D eigenvalue weighted by Crippen LogP contribution is -2.05. The molecule has 2 rings (SSSR count). The molecule has 0 bridgehead atoms. The summed E-state index contributed by atoms with van der Waals surface area (Å²) < 4.78 is 1.76. The van der Waals surface area contributed by atoms with Crippen molar-refractivity contribution in [2.45, 2.75) is 6.42 Å². The van der Waals surface area contributed by atoms with Crippen molar-refractivity contribution in [3.63, 3.8) is 0 Å². The van der Waals surface area contributed by atoms with Crippen LogP contribution < -0.4 is 0 Å². The van der Waals surface area contributed by atoms with E-state index in [1.807, 2.05) is 25.2 Å². The standard InChI is InChI=1S/C11H11N3O/c1-14-7-10(13-8-14)11(15)6-9-4-2-3-5-12-9/h2-5,7-8H,6H2,1H3. The van der Waals surface area contributed by atoms with Gasteiger partial charge in [-0.2, -0.15) is 0 Å². The van der Waals surface area contributed by atoms with Gasteiger partial charge in [0.1, 0.15) is 5.69 Å². The van der Waals surface area contributed by atoms with Gasteiger partial charge >= 0.3 is 0 Å². The van der Waals surface area contributed by atoms with Crippen LogP contribution in [0, 0.1) is 0 Å². The zero-order valence-corrected chi connectivity index (χ0v) is 8.42. The van der Waals surface area contributed by atoms with Crippen LogP contribution in [0.1, 0.15) is 16.2 Å². The van der Waals surface area contributed by atoms with E-state index < -0.39 is 0 Å². The number of pyridine rings is 1. The normalized spacial score (nSPS) is 10.2. The number of hydrogen-bond acceptors (Lipinski definition) is 3. The molecule has 0 aliphatic rings. The quantitative estimate of drug-likeness (QED) is 0.702. The number of rotatable bonds is 3. The topological polar surface area (TPSA) is 47.8 Å². The monoisotopic (exact) mass is 201 g/mol. The van der Waals surface area contributed by atoms with Gasteiger partial charge in [0.05, 0.1) is 12.7 Å². The molecule has 0 fully saturated rings. The Kier molecular flexibility index (Phi) is 2.58. The highest BCUT2D eigenvalue weighted by molar-refractivity contribution is 5.95. The average molecular weight is 201 g/mol. The number of imidazole rings is 1. The molecule has 0 aliphatic heterocycles. The van der Waals surface area contributed by atoms with Crippen molar-refractivity contribution in [1.82, 2.24) is 14.5 Å². The maximum absolute atomic E-state index is 11.7. The molecule has 0 radical (unpaired) electrons. The van der Waals surface area contributed by atoms with E-state index in [0.717, 1.165) is 5.69 Å². The van der Waals surface area contributed by atoms with Gasteiger partial charge in [-0.3, -0.25) is 9.78 Å². The number of aromatic nitrogens is 3. The molecule has 0 unspecified atom stereocenters. The molecular formula is C11H11N3O. The molecule has 0 saturated carbocycles. The second-order valence-corrected chi connectivity index (χ2v) is 3.35. The van der Waals surface area contributed by atoms with Crippen molar-refractivity contribution >= 4 is 5.78 Å². The minimum atomic E-state index is -0.00528. The summed E-state index contributed by atoms with van der Waals surface area (Å²) in [5.74, 6) is -0.00528. The SMILES string of the molecule is Cn1cnc(C(=O)Cc2ccccn2)c1. The highest BCUT2D eigenvalue weighted by Crippen LogP contribution is 2.02. The average Bonchev–Trinajstić information content (AvgIpc) is 2.66. The lowest BCUT2D eigenvalue weighted by molar-refractivity contribution is 0.0987. The summed E-state index contributed by atoms with van der Waals surface area (Å²) in [6.07, 6.45) is 5.32. The summed E-state index contributed by atoms with van der Waals surface area (Å²) in [6, 6.07) is 5.53. The van der Waals surface area contributed by atoms with Crippen molar-refractivity contribution < 1.29 is 4.79 Å². The molecule has 0 aliphatic carbocycles. The summed E-state index contributed by atoms with van der Waals surface area (Å²) in [5.41, 5.74) is 1.26. The Balaban J connectivity index is 2.11. The fraction of sp³-hybridized carbons (Fsp3) is 0.182. The fourth-order valence-corrected chi connectivity index (χ4v) is 1.31. The van der Waals surface area contributed by atoms with Gasteiger partial charge in [-0.1, -0.05) is 6.07 Å². The van der Waals surface area contributed by atoms with E-state index in [-0.39, 0.29) is 5.78 Å². The largest absolute Gasteiger partial charge is 0.340 e. The predicted octanol–water partition coefficient (Wildman–Crippen LogP) is 1.24. The van der Waals surface area contributed by atoms with E-state index in [1.165, 1.54) is 0 Å². The summed E-state index contributed by atoms with van der Waals surface area (Å²) in [5, 5.41) is 0. The van der Waals surface area contributed by atoms with Crippen LogP contribution >= 0.6 is 0 Å². The molecule has 2 aromatic rings. The molecule has 2 heterocycles. The number of nitrogens with zero attached hydrogens (tertiary/aromatic N) is 3. The summed E-state index contributed by atoms with van der Waals surface area (Å²) in [7, 11) is 1.84. The van der Waals surface area contributed by atoms with Crippen molar-refractivity contribution in [3.05, 3.63) is 48.3 Å². The molecule has 4 heteroatoms. The van der Waals surface area contributed by atoms with E-state index in [9.17, 15) is 4.79 Å². The Morgan fingerprint density at radius 2 is 2.27 bits per heavy atom. The van der Waals surface area contributed by atoms with Crippen LogP contribution in [0.2, 0.25) is 0 Å². The molecule has 0 aromatic carbocycles. The Bertz CT molecular complexity index is 462. The first-order valence-corrected chi connectivity index (χ1v) is 4.67. The first-order chi connectivity index (χ1) is 7.25. The van der Waals surface area contributed by atoms with Gasteiger partial charge in [0.25, 0.3) is 0 Å². The fourth-order valence-electron chi connectivity index (χ4n) is 1.31. The van der Waals surface area contributed by atoms with Crippen LogP contribution in [0.15, 0.2) is 36.9 Å². The van der Waals surface area contributed by atoms with Gasteiger partial charge < -0.3 is 4.57 Å². The van der Waals surface area contributed by atoms with Gasteiger partial charge in [0.15, 0.2) is 5.78 Å². The molecule has 0 atom stereocenters. The number of aryl methyl sites for hydroxylation is 1. The molecule has 0 amide bonds. The Labute approximate surface area is 87.6 Å². The minimum absolute atomic E-state index is 0.00528. The third kappa shape index (κ3) is 2.28. The van der Waals surface area contributed by atoms with Crippen LogP contribution in [-0.4, -0.2) is 20.3 Å². The van der Waals surface area contributed by atoms with Crippen LogP contribution in [-0.2, 0) is 13.5 Å². The van der Waals surface area contributed by atoms with E-state index in [2.05, 4.69) is 9.97 Å². The highest BCUT2D eigenvalue weighted by atomic mass is 16.1. The lowest BCUT2D eigenvalue weighted by atomic mass is 10.1. The minimum Gasteiger partial charge on any atom is -0.340 e. The van der Waals surface area contributed by atoms with Gasteiger partial charge in [-0.15, -0.1) is 0 Å². The van der Waals surface area contributed by atoms with Crippen LogP contribution in [0.3, 0.4) is 0 Å². The van der Waals surface area contributed by atoms with Crippen LogP contribution in [0.4, 0.5) is 0 Å². The third-order valence-electron chi connectivity index (χ3n) is 2.06. The summed E-state index contributed by atoms with van der Waals surface area (Å²) in [4.78, 5) is 19.8. The molecule has 4 nitrogen and oxygen atoms in total. The summed E-state index contributed by atoms with van der Waals surface area (Å²) in [6.45, 7) is 0. The Morgan fingerprint density at radius 3 is 2.87 bits per heavy atom. The summed E-state index contributed by atoms with van der Waals surface area (Å²) >= 11 is 0. The van der Waals surface area contributed by atoms with E-state index in [4.69, 9.17) is 0 Å². The first kappa shape index (κ1) is 9.58. The molecule has 0 spiro atoms. The predicted molar refractivity (Wildman–Crippen MR) is 55.5 cm³/mol. The molecule has 15 heavy (non-hydrogen) atoms. The number of hydrogen-bond donors (Lipinski definition) is 0. The van der Waals surface area contributed by atoms with Gasteiger partial charge in [-0.25, -0.2) is 4.98 Å². The maximum atomic E-state index is 11.7. The molecule has 2 aromatic heterocycles. The highest BCUT2D eigenvalue weighted by Gasteiger charge is 2.09. The second-order valence-electron chi connectivity index (χ2n) is 3.35. The second kappa shape index (κ2) is 4.04. The Morgan fingerprint density at radius 1 is 1.40 bits per heavy atom. The molecular weight excluding hydrogens is 190 g/mol. The lowest BCUT2D eigenvalue weighted by Gasteiger charge is -1.96. The number of Topliss-reactive ketones (excluding diaryl/α,β-unsaturated/α-hetero) is 1. The number of ketones is 1. The first-order valence-electron chi connectivity index (χ1n) is 4.67. The zero-order valence-electron chi connectivity index (χ0n) is 8.42. The number of carbonyl (C=O) groups excluding carboxylic acids is 1. The van der Waals surface area contributed by atoms with E-state index >= 15 is 0 Å². The third-order valence-corrected chi connectivity index (χ3v) is 2.06. The van der Waals surface area contributed by atoms with Crippen molar-refractivity contribution in [2.75, 3.05) is 0 Å². The molecule has 76 valence electrons. The number of carbonyl (C=O) groups is 1. The van der Waals surface area contributed by atoms with Crippen molar-refractivity contribution in [2.24, 2.45) is 7.05 Å². The van der Waals surface area contributed by atoms with E-state index in [0.29, 0.717) is 12.1 Å². The van der Waals surface area contributed by atoms with Crippen LogP contribution in [0.5, 0.6) is 0 Å². The maximum Gasteiger partial charge on any atom is 0.188 e. The van der Waals surface area contributed by atoms with E-state index in [1.54, 1.807) is 23.3 Å². The molecule has 0 N–H and O–H groups in total. The van der Waals surface area contributed by atoms with Gasteiger partial charge in [0.2, 0.25) is 0 Å². The van der Waals surface area contributed by atoms with Gasteiger partial charge in [0, 0.05) is 25.1 Å². The smallest absolute Gasteiger partial charge is 0.188 e. The van der Waals surface area contributed by atoms with Crippen molar-refractivity contribution in [3.8, 4) is 0 Å². The zero-order chi connectivity index (χ0) is 10.7. The van der Waals surface area contributed by atoms with Crippen LogP contribution in [0.25, 0.3) is 0 Å². The Hall–Kier alpha value is -1.97. The van der Waals surface area contributed by atoms with Gasteiger partial charge in [-0.05, 0) is 12.1 Å².